The quantitative estimate of drug-likeness (QED) is 0.400. The van der Waals surface area contributed by atoms with Gasteiger partial charge < -0.3 is 9.73 Å². The van der Waals surface area contributed by atoms with E-state index in [1.54, 1.807) is 12.1 Å². The van der Waals surface area contributed by atoms with E-state index in [9.17, 15) is 14.9 Å². The van der Waals surface area contributed by atoms with Crippen LogP contribution in [0, 0.1) is 17.0 Å². The molecule has 0 saturated carbocycles. The van der Waals surface area contributed by atoms with Crippen molar-refractivity contribution in [1.82, 2.24) is 10.2 Å². The van der Waals surface area contributed by atoms with E-state index < -0.39 is 4.92 Å². The van der Waals surface area contributed by atoms with Gasteiger partial charge in [-0.15, -0.1) is 10.2 Å². The van der Waals surface area contributed by atoms with E-state index in [4.69, 9.17) is 4.42 Å². The average Bonchev–Trinajstić information content (AvgIpc) is 3.11. The van der Waals surface area contributed by atoms with Crippen molar-refractivity contribution in [3.8, 4) is 11.5 Å². The van der Waals surface area contributed by atoms with Gasteiger partial charge in [0.25, 0.3) is 10.9 Å². The molecule has 0 radical (unpaired) electrons. The molecule has 0 fully saturated rings. The third kappa shape index (κ3) is 4.25. The van der Waals surface area contributed by atoms with Crippen molar-refractivity contribution < 1.29 is 14.1 Å². The van der Waals surface area contributed by atoms with Gasteiger partial charge in [0.15, 0.2) is 0 Å². The first kappa shape index (κ1) is 17.6. The minimum Gasteiger partial charge on any atom is -0.411 e. The molecule has 0 unspecified atom stereocenters. The monoisotopic (exact) mass is 370 g/mol. The summed E-state index contributed by atoms with van der Waals surface area (Å²) in [6, 6.07) is 13.4. The Morgan fingerprint density at radius 2 is 2.04 bits per heavy atom. The number of nitro benzene ring substituents is 1. The van der Waals surface area contributed by atoms with Crippen molar-refractivity contribution in [2.24, 2.45) is 0 Å². The minimum atomic E-state index is -0.495. The van der Waals surface area contributed by atoms with E-state index in [0.29, 0.717) is 5.56 Å². The summed E-state index contributed by atoms with van der Waals surface area (Å²) in [5, 5.41) is 21.6. The first-order valence-corrected chi connectivity index (χ1v) is 8.58. The van der Waals surface area contributed by atoms with E-state index in [1.807, 2.05) is 31.2 Å². The fraction of sp³-hybridized carbons (Fsp3) is 0.118. The molecule has 132 valence electrons. The second-order valence-electron chi connectivity index (χ2n) is 5.33. The average molecular weight is 370 g/mol. The molecule has 2 aromatic carbocycles. The van der Waals surface area contributed by atoms with Crippen molar-refractivity contribution >= 4 is 29.0 Å². The van der Waals surface area contributed by atoms with E-state index in [2.05, 4.69) is 15.5 Å². The van der Waals surface area contributed by atoms with Crippen LogP contribution in [0.1, 0.15) is 5.56 Å². The predicted octanol–water partition coefficient (Wildman–Crippen LogP) is 3.68. The molecule has 26 heavy (non-hydrogen) atoms. The zero-order valence-corrected chi connectivity index (χ0v) is 14.5. The summed E-state index contributed by atoms with van der Waals surface area (Å²) in [7, 11) is 0. The number of thioether (sulfide) groups is 1. The van der Waals surface area contributed by atoms with Crippen LogP contribution in [0.5, 0.6) is 0 Å². The molecule has 3 rings (SSSR count). The molecule has 1 aromatic heterocycles. The van der Waals surface area contributed by atoms with Gasteiger partial charge in [0.05, 0.1) is 10.7 Å². The number of para-hydroxylation sites is 1. The highest BCUT2D eigenvalue weighted by Gasteiger charge is 2.14. The fourth-order valence-electron chi connectivity index (χ4n) is 2.16. The van der Waals surface area contributed by atoms with Crippen LogP contribution in [0.3, 0.4) is 0 Å². The molecule has 1 amide bonds. The maximum Gasteiger partial charge on any atom is 0.277 e. The normalized spacial score (nSPS) is 10.5. The zero-order valence-electron chi connectivity index (χ0n) is 13.7. The van der Waals surface area contributed by atoms with Gasteiger partial charge in [0.2, 0.25) is 11.8 Å². The number of carbonyl (C=O) groups excluding carboxylic acids is 1. The Bertz CT molecular complexity index is 957. The van der Waals surface area contributed by atoms with Gasteiger partial charge in [0, 0.05) is 23.4 Å². The molecule has 0 spiro atoms. The Labute approximate surface area is 152 Å². The molecule has 0 aliphatic rings. The largest absolute Gasteiger partial charge is 0.411 e. The Hall–Kier alpha value is -3.20. The third-order valence-corrected chi connectivity index (χ3v) is 4.27. The highest BCUT2D eigenvalue weighted by Crippen LogP contribution is 2.26. The predicted molar refractivity (Wildman–Crippen MR) is 96.9 cm³/mol. The lowest BCUT2D eigenvalue weighted by atomic mass is 10.2. The summed E-state index contributed by atoms with van der Waals surface area (Å²) < 4.78 is 5.47. The third-order valence-electron chi connectivity index (χ3n) is 3.46. The number of rotatable bonds is 6. The van der Waals surface area contributed by atoms with Crippen molar-refractivity contribution in [1.29, 1.82) is 0 Å². The van der Waals surface area contributed by atoms with Crippen molar-refractivity contribution in [3.05, 3.63) is 64.2 Å². The molecule has 0 aliphatic carbocycles. The van der Waals surface area contributed by atoms with E-state index >= 15 is 0 Å². The first-order valence-electron chi connectivity index (χ1n) is 7.59. The highest BCUT2D eigenvalue weighted by atomic mass is 32.2. The van der Waals surface area contributed by atoms with Crippen LogP contribution in [0.25, 0.3) is 11.5 Å². The topological polar surface area (TPSA) is 111 Å². The second-order valence-corrected chi connectivity index (χ2v) is 6.26. The number of benzene rings is 2. The Balaban J connectivity index is 1.62. The minimum absolute atomic E-state index is 0.0625. The van der Waals surface area contributed by atoms with Crippen LogP contribution in [0.4, 0.5) is 11.4 Å². The number of aromatic nitrogens is 2. The molecular weight excluding hydrogens is 356 g/mol. The number of anilines is 1. The van der Waals surface area contributed by atoms with Crippen molar-refractivity contribution in [3.63, 3.8) is 0 Å². The molecule has 3 aromatic rings. The van der Waals surface area contributed by atoms with Gasteiger partial charge in [-0.1, -0.05) is 36.0 Å². The number of amides is 1. The number of nitrogens with one attached hydrogen (secondary N) is 1. The smallest absolute Gasteiger partial charge is 0.277 e. The Morgan fingerprint density at radius 3 is 2.81 bits per heavy atom. The first-order chi connectivity index (χ1) is 12.5. The van der Waals surface area contributed by atoms with Gasteiger partial charge in [-0.3, -0.25) is 14.9 Å². The molecular formula is C17H14N4O4S. The second kappa shape index (κ2) is 7.79. The lowest BCUT2D eigenvalue weighted by Gasteiger charge is -2.06. The van der Waals surface area contributed by atoms with Crippen LogP contribution in [0.2, 0.25) is 0 Å². The maximum atomic E-state index is 12.0. The number of hydrogen-bond donors (Lipinski definition) is 1. The number of nitro groups is 1. The van der Waals surface area contributed by atoms with Crippen LogP contribution in [-0.2, 0) is 4.79 Å². The van der Waals surface area contributed by atoms with E-state index in [-0.39, 0.29) is 28.5 Å². The summed E-state index contributed by atoms with van der Waals surface area (Å²) >= 11 is 1.09. The van der Waals surface area contributed by atoms with Crippen LogP contribution in [-0.4, -0.2) is 26.8 Å². The molecule has 0 atom stereocenters. The maximum absolute atomic E-state index is 12.0. The van der Waals surface area contributed by atoms with Gasteiger partial charge in [-0.05, 0) is 24.6 Å². The molecule has 0 bridgehead atoms. The van der Waals surface area contributed by atoms with Gasteiger partial charge in [-0.25, -0.2) is 0 Å². The van der Waals surface area contributed by atoms with E-state index in [0.717, 1.165) is 23.0 Å². The Kier molecular flexibility index (Phi) is 5.28. The summed E-state index contributed by atoms with van der Waals surface area (Å²) in [5.41, 5.74) is 2.10. The summed E-state index contributed by atoms with van der Waals surface area (Å²) in [6.45, 7) is 1.91. The zero-order chi connectivity index (χ0) is 18.5. The van der Waals surface area contributed by atoms with Gasteiger partial charge in [0.1, 0.15) is 0 Å². The van der Waals surface area contributed by atoms with Crippen molar-refractivity contribution in [2.45, 2.75) is 12.1 Å². The lowest BCUT2D eigenvalue weighted by molar-refractivity contribution is -0.384. The highest BCUT2D eigenvalue weighted by molar-refractivity contribution is 7.99. The van der Waals surface area contributed by atoms with Crippen LogP contribution in [0.15, 0.2) is 58.2 Å². The van der Waals surface area contributed by atoms with Crippen molar-refractivity contribution in [2.75, 3.05) is 11.1 Å². The fourth-order valence-corrected chi connectivity index (χ4v) is 2.73. The summed E-state index contributed by atoms with van der Waals surface area (Å²) in [6.07, 6.45) is 0. The summed E-state index contributed by atoms with van der Waals surface area (Å²) in [5.74, 6) is 0.0696. The van der Waals surface area contributed by atoms with Gasteiger partial charge in [-0.2, -0.15) is 0 Å². The SMILES string of the molecule is Cc1ccccc1NC(=O)CSc1nnc(-c2cccc([N+](=O)[O-])c2)o1. The number of hydrogen-bond acceptors (Lipinski definition) is 7. The van der Waals surface area contributed by atoms with E-state index in [1.165, 1.54) is 12.1 Å². The van der Waals surface area contributed by atoms with Crippen LogP contribution < -0.4 is 5.32 Å². The van der Waals surface area contributed by atoms with Gasteiger partial charge >= 0.3 is 0 Å². The molecule has 8 nitrogen and oxygen atoms in total. The number of aryl methyl sites for hydroxylation is 1. The number of nitrogens with zero attached hydrogens (tertiary/aromatic N) is 3. The molecule has 1 N–H and O–H groups in total. The standard InChI is InChI=1S/C17H14N4O4S/c1-11-5-2-3-8-14(11)18-15(22)10-26-17-20-19-16(25-17)12-6-4-7-13(9-12)21(23)24/h2-9H,10H2,1H3,(H,18,22). The Morgan fingerprint density at radius 1 is 1.23 bits per heavy atom. The molecule has 0 saturated heterocycles. The summed E-state index contributed by atoms with van der Waals surface area (Å²) in [4.78, 5) is 22.4. The molecule has 9 heteroatoms. The molecule has 0 aliphatic heterocycles. The molecule has 1 heterocycles. The van der Waals surface area contributed by atoms with Crippen LogP contribution >= 0.6 is 11.8 Å². The lowest BCUT2D eigenvalue weighted by Crippen LogP contribution is -2.14. The number of non-ortho nitro benzene ring substituents is 1. The number of carbonyl (C=O) groups is 1.